The third-order valence-corrected chi connectivity index (χ3v) is 3.14. The molecule has 2 heterocycles. The van der Waals surface area contributed by atoms with Crippen LogP contribution in [0.2, 0.25) is 0 Å². The Bertz CT molecular complexity index is 610. The van der Waals surface area contributed by atoms with E-state index in [4.69, 9.17) is 0 Å². The summed E-state index contributed by atoms with van der Waals surface area (Å²) in [7, 11) is 2.04. The summed E-state index contributed by atoms with van der Waals surface area (Å²) in [6.07, 6.45) is 2.17. The third kappa shape index (κ3) is 2.90. The van der Waals surface area contributed by atoms with Gasteiger partial charge in [-0.05, 0) is 12.1 Å². The van der Waals surface area contributed by atoms with E-state index in [9.17, 15) is 0 Å². The SMILES string of the molecule is CN1CCN=C1Cc1ncnc(Nc2ccccc2)n1. The minimum atomic E-state index is 0.558. The second-order valence-corrected chi connectivity index (χ2v) is 4.61. The van der Waals surface area contributed by atoms with Gasteiger partial charge < -0.3 is 10.2 Å². The lowest BCUT2D eigenvalue weighted by molar-refractivity contribution is 0.547. The summed E-state index contributed by atoms with van der Waals surface area (Å²) in [5.74, 6) is 2.32. The topological polar surface area (TPSA) is 66.3 Å². The van der Waals surface area contributed by atoms with Gasteiger partial charge in [0, 0.05) is 19.3 Å². The van der Waals surface area contributed by atoms with Crippen LogP contribution in [0.25, 0.3) is 0 Å². The summed E-state index contributed by atoms with van der Waals surface area (Å²) < 4.78 is 0. The minimum Gasteiger partial charge on any atom is -0.361 e. The highest BCUT2D eigenvalue weighted by Crippen LogP contribution is 2.11. The second-order valence-electron chi connectivity index (χ2n) is 4.61. The van der Waals surface area contributed by atoms with E-state index < -0.39 is 0 Å². The number of para-hydroxylation sites is 1. The smallest absolute Gasteiger partial charge is 0.230 e. The van der Waals surface area contributed by atoms with Gasteiger partial charge in [-0.25, -0.2) is 9.97 Å². The van der Waals surface area contributed by atoms with Crippen molar-refractivity contribution in [1.82, 2.24) is 19.9 Å². The molecule has 0 saturated heterocycles. The third-order valence-electron chi connectivity index (χ3n) is 3.14. The van der Waals surface area contributed by atoms with Crippen LogP contribution < -0.4 is 5.32 Å². The lowest BCUT2D eigenvalue weighted by Gasteiger charge is -2.12. The van der Waals surface area contributed by atoms with Gasteiger partial charge in [-0.15, -0.1) is 0 Å². The Hall–Kier alpha value is -2.50. The average molecular weight is 268 g/mol. The van der Waals surface area contributed by atoms with Crippen LogP contribution in [-0.4, -0.2) is 45.8 Å². The van der Waals surface area contributed by atoms with Crippen molar-refractivity contribution >= 4 is 17.5 Å². The van der Waals surface area contributed by atoms with Crippen LogP contribution in [-0.2, 0) is 6.42 Å². The molecule has 0 bridgehead atoms. The van der Waals surface area contributed by atoms with Crippen LogP contribution in [0.4, 0.5) is 11.6 Å². The minimum absolute atomic E-state index is 0.558. The first kappa shape index (κ1) is 12.5. The van der Waals surface area contributed by atoms with Crippen LogP contribution in [0, 0.1) is 0 Å². The maximum atomic E-state index is 4.45. The molecule has 0 radical (unpaired) electrons. The number of hydrogen-bond donors (Lipinski definition) is 1. The van der Waals surface area contributed by atoms with Crippen LogP contribution >= 0.6 is 0 Å². The van der Waals surface area contributed by atoms with Crippen LogP contribution in [0.15, 0.2) is 41.7 Å². The molecule has 0 atom stereocenters. The number of nitrogens with one attached hydrogen (secondary N) is 1. The Kier molecular flexibility index (Phi) is 3.54. The zero-order valence-corrected chi connectivity index (χ0v) is 11.3. The van der Waals surface area contributed by atoms with Crippen molar-refractivity contribution in [1.29, 1.82) is 0 Å². The van der Waals surface area contributed by atoms with Gasteiger partial charge in [0.25, 0.3) is 0 Å². The van der Waals surface area contributed by atoms with Crippen molar-refractivity contribution in [2.75, 3.05) is 25.5 Å². The molecule has 0 aliphatic carbocycles. The first-order valence-corrected chi connectivity index (χ1v) is 6.56. The molecule has 20 heavy (non-hydrogen) atoms. The van der Waals surface area contributed by atoms with E-state index in [1.54, 1.807) is 0 Å². The molecular formula is C14H16N6. The fraction of sp³-hybridized carbons (Fsp3) is 0.286. The standard InChI is InChI=1S/C14H16N6/c1-20-8-7-15-13(20)9-12-16-10-17-14(19-12)18-11-5-3-2-4-6-11/h2-6,10H,7-9H2,1H3,(H,16,17,18,19). The average Bonchev–Trinajstić information content (AvgIpc) is 2.86. The number of nitrogens with zero attached hydrogens (tertiary/aromatic N) is 5. The number of benzene rings is 1. The molecule has 3 rings (SSSR count). The van der Waals surface area contributed by atoms with Gasteiger partial charge in [0.1, 0.15) is 18.0 Å². The van der Waals surface area contributed by atoms with Gasteiger partial charge in [-0.3, -0.25) is 4.99 Å². The lowest BCUT2D eigenvalue weighted by atomic mass is 10.3. The maximum absolute atomic E-state index is 4.45. The quantitative estimate of drug-likeness (QED) is 0.910. The zero-order valence-electron chi connectivity index (χ0n) is 11.3. The molecule has 0 saturated carbocycles. The Morgan fingerprint density at radius 3 is 2.80 bits per heavy atom. The summed E-state index contributed by atoms with van der Waals surface area (Å²) in [5.41, 5.74) is 0.958. The first-order valence-electron chi connectivity index (χ1n) is 6.56. The Morgan fingerprint density at radius 2 is 2.05 bits per heavy atom. The molecule has 1 aromatic carbocycles. The van der Waals surface area contributed by atoms with Crippen molar-refractivity contribution in [2.24, 2.45) is 4.99 Å². The van der Waals surface area contributed by atoms with E-state index in [1.165, 1.54) is 6.33 Å². The van der Waals surface area contributed by atoms with Gasteiger partial charge in [0.05, 0.1) is 13.0 Å². The van der Waals surface area contributed by atoms with E-state index >= 15 is 0 Å². The predicted octanol–water partition coefficient (Wildman–Crippen LogP) is 1.50. The molecule has 0 amide bonds. The Morgan fingerprint density at radius 1 is 1.20 bits per heavy atom. The van der Waals surface area contributed by atoms with Gasteiger partial charge in [-0.1, -0.05) is 18.2 Å². The highest BCUT2D eigenvalue weighted by molar-refractivity contribution is 5.85. The highest BCUT2D eigenvalue weighted by atomic mass is 15.2. The molecule has 1 aliphatic heterocycles. The number of likely N-dealkylation sites (N-methyl/N-ethyl adjacent to an activating group) is 1. The number of aromatic nitrogens is 3. The van der Waals surface area contributed by atoms with E-state index in [1.807, 2.05) is 37.4 Å². The van der Waals surface area contributed by atoms with E-state index in [2.05, 4.69) is 30.2 Å². The van der Waals surface area contributed by atoms with Crippen molar-refractivity contribution < 1.29 is 0 Å². The lowest BCUT2D eigenvalue weighted by Crippen LogP contribution is -2.25. The zero-order chi connectivity index (χ0) is 13.8. The first-order chi connectivity index (χ1) is 9.81. The Balaban J connectivity index is 1.73. The molecule has 6 nitrogen and oxygen atoms in total. The van der Waals surface area contributed by atoms with Gasteiger partial charge in [0.2, 0.25) is 5.95 Å². The van der Waals surface area contributed by atoms with Crippen LogP contribution in [0.3, 0.4) is 0 Å². The summed E-state index contributed by atoms with van der Waals surface area (Å²) in [6.45, 7) is 1.82. The molecule has 1 aliphatic rings. The molecular weight excluding hydrogens is 252 g/mol. The van der Waals surface area contributed by atoms with E-state index in [0.717, 1.165) is 30.4 Å². The van der Waals surface area contributed by atoms with Crippen LogP contribution in [0.1, 0.15) is 5.82 Å². The van der Waals surface area contributed by atoms with Gasteiger partial charge >= 0.3 is 0 Å². The second kappa shape index (κ2) is 5.64. The summed E-state index contributed by atoms with van der Waals surface area (Å²) in [5, 5.41) is 3.16. The fourth-order valence-corrected chi connectivity index (χ4v) is 2.04. The predicted molar refractivity (Wildman–Crippen MR) is 78.2 cm³/mol. The van der Waals surface area contributed by atoms with E-state index in [-0.39, 0.29) is 0 Å². The summed E-state index contributed by atoms with van der Waals surface area (Å²) >= 11 is 0. The maximum Gasteiger partial charge on any atom is 0.230 e. The van der Waals surface area contributed by atoms with Gasteiger partial charge in [0.15, 0.2) is 0 Å². The normalized spacial score (nSPS) is 14.2. The summed E-state index contributed by atoms with van der Waals surface area (Å²) in [6, 6.07) is 9.84. The summed E-state index contributed by atoms with van der Waals surface area (Å²) in [4.78, 5) is 19.4. The Labute approximate surface area is 117 Å². The largest absolute Gasteiger partial charge is 0.361 e. The molecule has 1 N–H and O–H groups in total. The molecule has 102 valence electrons. The fourth-order valence-electron chi connectivity index (χ4n) is 2.04. The molecule has 0 spiro atoms. The number of rotatable bonds is 4. The molecule has 6 heteroatoms. The van der Waals surface area contributed by atoms with Crippen molar-refractivity contribution in [3.63, 3.8) is 0 Å². The van der Waals surface area contributed by atoms with Crippen molar-refractivity contribution in [3.05, 3.63) is 42.5 Å². The molecule has 0 unspecified atom stereocenters. The van der Waals surface area contributed by atoms with Crippen molar-refractivity contribution in [2.45, 2.75) is 6.42 Å². The monoisotopic (exact) mass is 268 g/mol. The number of aliphatic imine (C=N–C) groups is 1. The molecule has 2 aromatic rings. The van der Waals surface area contributed by atoms with E-state index in [0.29, 0.717) is 12.4 Å². The molecule has 1 aromatic heterocycles. The van der Waals surface area contributed by atoms with Gasteiger partial charge in [-0.2, -0.15) is 4.98 Å². The van der Waals surface area contributed by atoms with Crippen LogP contribution in [0.5, 0.6) is 0 Å². The number of amidine groups is 1. The highest BCUT2D eigenvalue weighted by Gasteiger charge is 2.14. The van der Waals surface area contributed by atoms with Crippen molar-refractivity contribution in [3.8, 4) is 0 Å². The number of anilines is 2. The molecule has 0 fully saturated rings. The number of hydrogen-bond acceptors (Lipinski definition) is 6.